The molecule has 0 aromatic carbocycles. The number of nitrogens with one attached hydrogen (secondary N) is 2. The number of nitrogens with zero attached hydrogens (tertiary/aromatic N) is 2. The lowest BCUT2D eigenvalue weighted by atomic mass is 10.3. The number of thiophene rings is 1. The average molecular weight is 262 g/mol. The minimum atomic E-state index is -0.470. The van der Waals surface area contributed by atoms with Gasteiger partial charge in [-0.25, -0.2) is 10.5 Å². The summed E-state index contributed by atoms with van der Waals surface area (Å²) in [6, 6.07) is 6.39. The van der Waals surface area contributed by atoms with E-state index in [0.29, 0.717) is 5.71 Å². The van der Waals surface area contributed by atoms with Crippen molar-refractivity contribution in [3.8, 4) is 0 Å². The standard InChI is InChI=1S/C11H10N4O2S/c1-7(9-3-2-6-18-9)12-15-11(17)8-4-5-10(16)14-13-8/h2-6H,1H3,(H,14,16)(H,15,17)/b12-7+. The molecule has 18 heavy (non-hydrogen) atoms. The summed E-state index contributed by atoms with van der Waals surface area (Å²) in [5.74, 6) is -0.470. The van der Waals surface area contributed by atoms with Gasteiger partial charge in [-0.2, -0.15) is 10.2 Å². The van der Waals surface area contributed by atoms with Crippen molar-refractivity contribution in [2.45, 2.75) is 6.92 Å². The molecule has 0 aliphatic rings. The van der Waals surface area contributed by atoms with Crippen molar-refractivity contribution in [3.05, 3.63) is 50.6 Å². The van der Waals surface area contributed by atoms with Crippen LogP contribution in [-0.4, -0.2) is 21.8 Å². The summed E-state index contributed by atoms with van der Waals surface area (Å²) < 4.78 is 0. The van der Waals surface area contributed by atoms with Crippen LogP contribution in [0.4, 0.5) is 0 Å². The highest BCUT2D eigenvalue weighted by Crippen LogP contribution is 2.09. The molecule has 1 amide bonds. The largest absolute Gasteiger partial charge is 0.291 e. The van der Waals surface area contributed by atoms with Crippen molar-refractivity contribution in [2.75, 3.05) is 0 Å². The van der Waals surface area contributed by atoms with E-state index >= 15 is 0 Å². The number of hydrogen-bond acceptors (Lipinski definition) is 5. The van der Waals surface area contributed by atoms with E-state index in [1.54, 1.807) is 6.92 Å². The summed E-state index contributed by atoms with van der Waals surface area (Å²) in [7, 11) is 0. The molecule has 2 aromatic rings. The molecule has 0 saturated carbocycles. The van der Waals surface area contributed by atoms with Gasteiger partial charge >= 0.3 is 0 Å². The van der Waals surface area contributed by atoms with Gasteiger partial charge in [-0.1, -0.05) is 6.07 Å². The minimum absolute atomic E-state index is 0.109. The van der Waals surface area contributed by atoms with Crippen LogP contribution >= 0.6 is 11.3 Å². The van der Waals surface area contributed by atoms with Crippen molar-refractivity contribution in [2.24, 2.45) is 5.10 Å². The first-order valence-corrected chi connectivity index (χ1v) is 5.99. The smallest absolute Gasteiger partial charge is 0.268 e. The maximum atomic E-state index is 11.6. The summed E-state index contributed by atoms with van der Waals surface area (Å²) in [5.41, 5.74) is 2.84. The van der Waals surface area contributed by atoms with Gasteiger partial charge in [0.05, 0.1) is 5.71 Å². The van der Waals surface area contributed by atoms with Gasteiger partial charge in [0.2, 0.25) is 0 Å². The lowest BCUT2D eigenvalue weighted by Gasteiger charge is -1.99. The van der Waals surface area contributed by atoms with Crippen LogP contribution in [-0.2, 0) is 0 Å². The quantitative estimate of drug-likeness (QED) is 0.638. The second-order valence-electron chi connectivity index (χ2n) is 3.42. The van der Waals surface area contributed by atoms with Gasteiger partial charge < -0.3 is 0 Å². The number of carbonyl (C=O) groups excluding carboxylic acids is 1. The molecule has 0 bridgehead atoms. The minimum Gasteiger partial charge on any atom is -0.268 e. The number of amides is 1. The van der Waals surface area contributed by atoms with E-state index < -0.39 is 5.91 Å². The Morgan fingerprint density at radius 3 is 2.89 bits per heavy atom. The summed E-state index contributed by atoms with van der Waals surface area (Å²) in [6.45, 7) is 1.80. The van der Waals surface area contributed by atoms with E-state index in [1.165, 1.54) is 23.5 Å². The fourth-order valence-corrected chi connectivity index (χ4v) is 1.88. The number of aromatic amines is 1. The Morgan fingerprint density at radius 2 is 2.28 bits per heavy atom. The van der Waals surface area contributed by atoms with Gasteiger partial charge in [0.15, 0.2) is 5.69 Å². The second kappa shape index (κ2) is 5.37. The van der Waals surface area contributed by atoms with E-state index in [9.17, 15) is 9.59 Å². The molecule has 6 nitrogen and oxygen atoms in total. The van der Waals surface area contributed by atoms with Crippen LogP contribution < -0.4 is 11.0 Å². The molecule has 0 saturated heterocycles. The monoisotopic (exact) mass is 262 g/mol. The summed E-state index contributed by atoms with van der Waals surface area (Å²) >= 11 is 1.54. The SMILES string of the molecule is C/C(=N\NC(=O)c1ccc(=O)[nH]n1)c1cccs1. The average Bonchev–Trinajstić information content (AvgIpc) is 2.90. The number of hydrogen-bond donors (Lipinski definition) is 2. The molecule has 0 aliphatic carbocycles. The van der Waals surface area contributed by atoms with Crippen molar-refractivity contribution < 1.29 is 4.79 Å². The van der Waals surface area contributed by atoms with Crippen LogP contribution in [0.2, 0.25) is 0 Å². The molecule has 92 valence electrons. The van der Waals surface area contributed by atoms with Crippen molar-refractivity contribution in [1.82, 2.24) is 15.6 Å². The molecular weight excluding hydrogens is 252 g/mol. The summed E-state index contributed by atoms with van der Waals surface area (Å²) in [6.07, 6.45) is 0. The van der Waals surface area contributed by atoms with Gasteiger partial charge in [0.25, 0.3) is 11.5 Å². The molecule has 7 heteroatoms. The van der Waals surface area contributed by atoms with Crippen molar-refractivity contribution >= 4 is 23.0 Å². The van der Waals surface area contributed by atoms with E-state index in [2.05, 4.69) is 20.7 Å². The van der Waals surface area contributed by atoms with E-state index in [-0.39, 0.29) is 11.3 Å². The highest BCUT2D eigenvalue weighted by atomic mass is 32.1. The first kappa shape index (κ1) is 12.2. The van der Waals surface area contributed by atoms with Crippen LogP contribution in [0.3, 0.4) is 0 Å². The predicted molar refractivity (Wildman–Crippen MR) is 68.9 cm³/mol. The third kappa shape index (κ3) is 2.89. The van der Waals surface area contributed by atoms with Gasteiger partial charge in [-0.05, 0) is 24.4 Å². The van der Waals surface area contributed by atoms with Gasteiger partial charge in [-0.15, -0.1) is 11.3 Å². The zero-order valence-electron chi connectivity index (χ0n) is 9.51. The zero-order valence-corrected chi connectivity index (χ0v) is 10.3. The molecule has 0 unspecified atom stereocenters. The third-order valence-corrected chi connectivity index (χ3v) is 3.09. The Balaban J connectivity index is 2.06. The number of H-pyrrole nitrogens is 1. The number of rotatable bonds is 3. The fraction of sp³-hybridized carbons (Fsp3) is 0.0909. The lowest BCUT2D eigenvalue weighted by molar-refractivity contribution is 0.0948. The topological polar surface area (TPSA) is 87.2 Å². The third-order valence-electron chi connectivity index (χ3n) is 2.11. The number of hydrazone groups is 1. The Labute approximate surface area is 106 Å². The van der Waals surface area contributed by atoms with E-state index in [1.807, 2.05) is 17.5 Å². The first-order chi connectivity index (χ1) is 8.66. The Morgan fingerprint density at radius 1 is 1.44 bits per heavy atom. The maximum absolute atomic E-state index is 11.6. The molecule has 2 heterocycles. The molecule has 0 radical (unpaired) electrons. The molecule has 2 N–H and O–H groups in total. The van der Waals surface area contributed by atoms with Crippen LogP contribution in [0, 0.1) is 0 Å². The Hall–Kier alpha value is -2.28. The normalized spacial score (nSPS) is 11.3. The highest BCUT2D eigenvalue weighted by Gasteiger charge is 2.06. The van der Waals surface area contributed by atoms with E-state index in [4.69, 9.17) is 0 Å². The maximum Gasteiger partial charge on any atom is 0.291 e. The Bertz CT molecular complexity index is 610. The summed E-state index contributed by atoms with van der Waals surface area (Å²) in [5, 5.41) is 11.7. The zero-order chi connectivity index (χ0) is 13.0. The van der Waals surface area contributed by atoms with Crippen LogP contribution in [0.15, 0.2) is 39.5 Å². The van der Waals surface area contributed by atoms with Gasteiger partial charge in [0.1, 0.15) is 0 Å². The molecule has 0 atom stereocenters. The van der Waals surface area contributed by atoms with Crippen molar-refractivity contribution in [3.63, 3.8) is 0 Å². The molecule has 0 fully saturated rings. The molecule has 2 aromatic heterocycles. The molecule has 0 aliphatic heterocycles. The molecular formula is C11H10N4O2S. The lowest BCUT2D eigenvalue weighted by Crippen LogP contribution is -2.22. The van der Waals surface area contributed by atoms with Crippen LogP contribution in [0.5, 0.6) is 0 Å². The molecule has 0 spiro atoms. The Kier molecular flexibility index (Phi) is 3.63. The van der Waals surface area contributed by atoms with Gasteiger partial charge in [-0.3, -0.25) is 9.59 Å². The number of carbonyl (C=O) groups is 1. The van der Waals surface area contributed by atoms with E-state index in [0.717, 1.165) is 4.88 Å². The van der Waals surface area contributed by atoms with Crippen molar-refractivity contribution in [1.29, 1.82) is 0 Å². The fourth-order valence-electron chi connectivity index (χ4n) is 1.20. The van der Waals surface area contributed by atoms with Crippen LogP contribution in [0.1, 0.15) is 22.3 Å². The number of aromatic nitrogens is 2. The van der Waals surface area contributed by atoms with Crippen LogP contribution in [0.25, 0.3) is 0 Å². The molecule has 2 rings (SSSR count). The predicted octanol–water partition coefficient (Wildman–Crippen LogP) is 0.985. The first-order valence-electron chi connectivity index (χ1n) is 5.11. The second-order valence-corrected chi connectivity index (χ2v) is 4.37. The summed E-state index contributed by atoms with van der Waals surface area (Å²) in [4.78, 5) is 23.4. The highest BCUT2D eigenvalue weighted by molar-refractivity contribution is 7.12. The van der Waals surface area contributed by atoms with Gasteiger partial charge in [0, 0.05) is 10.9 Å².